The Bertz CT molecular complexity index is 450. The summed E-state index contributed by atoms with van der Waals surface area (Å²) in [7, 11) is 0. The number of hydrogen-bond acceptors (Lipinski definition) is 2. The predicted molar refractivity (Wildman–Crippen MR) is 78.9 cm³/mol. The Morgan fingerprint density at radius 1 is 1.32 bits per heavy atom. The van der Waals surface area contributed by atoms with Crippen LogP contribution in [0.5, 0.6) is 0 Å². The number of primary amides is 1. The highest BCUT2D eigenvalue weighted by Crippen LogP contribution is 2.42. The molecule has 1 aliphatic carbocycles. The number of anilines is 1. The Balaban J connectivity index is 1.98. The van der Waals surface area contributed by atoms with E-state index in [4.69, 9.17) is 5.73 Å². The van der Waals surface area contributed by atoms with E-state index in [-0.39, 0.29) is 5.91 Å². The van der Waals surface area contributed by atoms with Gasteiger partial charge in [0.25, 0.3) is 0 Å². The van der Waals surface area contributed by atoms with Crippen LogP contribution in [0, 0.1) is 11.3 Å². The molecule has 0 heterocycles. The first-order valence-electron chi connectivity index (χ1n) is 6.99. The van der Waals surface area contributed by atoms with Gasteiger partial charge in [0.15, 0.2) is 0 Å². The van der Waals surface area contributed by atoms with Gasteiger partial charge in [-0.1, -0.05) is 32.9 Å². The number of amides is 1. The molecule has 1 aliphatic rings. The molecular formula is C16H24N2O. The smallest absolute Gasteiger partial charge is 0.221 e. The van der Waals surface area contributed by atoms with Crippen molar-refractivity contribution in [2.24, 2.45) is 17.1 Å². The molecule has 1 saturated carbocycles. The van der Waals surface area contributed by atoms with E-state index in [0.717, 1.165) is 11.3 Å². The minimum Gasteiger partial charge on any atom is -0.382 e. The fourth-order valence-electron chi connectivity index (χ4n) is 3.22. The van der Waals surface area contributed by atoms with Gasteiger partial charge < -0.3 is 11.1 Å². The maximum absolute atomic E-state index is 10.9. The number of carbonyl (C=O) groups excluding carboxylic acids is 1. The van der Waals surface area contributed by atoms with Crippen molar-refractivity contribution in [1.29, 1.82) is 0 Å². The molecule has 1 aromatic carbocycles. The maximum atomic E-state index is 10.9. The average Bonchev–Trinajstić information content (AvgIpc) is 2.54. The summed E-state index contributed by atoms with van der Waals surface area (Å²) in [5.41, 5.74) is 7.72. The van der Waals surface area contributed by atoms with Crippen molar-refractivity contribution in [3.63, 3.8) is 0 Å². The third kappa shape index (κ3) is 3.72. The molecule has 3 heteroatoms. The summed E-state index contributed by atoms with van der Waals surface area (Å²) >= 11 is 0. The molecule has 2 rings (SSSR count). The SMILES string of the molecule is C[C@@H]1CC(C)(C)C[C@H]1Nc1ccc(CC(N)=O)cc1. The zero-order chi connectivity index (χ0) is 14.0. The third-order valence-corrected chi connectivity index (χ3v) is 4.02. The van der Waals surface area contributed by atoms with Crippen LogP contribution in [0.3, 0.4) is 0 Å². The summed E-state index contributed by atoms with van der Waals surface area (Å²) < 4.78 is 0. The second-order valence-corrected chi connectivity index (χ2v) is 6.64. The molecule has 0 unspecified atom stereocenters. The van der Waals surface area contributed by atoms with Gasteiger partial charge in [-0.15, -0.1) is 0 Å². The van der Waals surface area contributed by atoms with Crippen molar-refractivity contribution in [2.75, 3.05) is 5.32 Å². The summed E-state index contributed by atoms with van der Waals surface area (Å²) in [6.07, 6.45) is 2.79. The van der Waals surface area contributed by atoms with Gasteiger partial charge in [-0.3, -0.25) is 4.79 Å². The maximum Gasteiger partial charge on any atom is 0.221 e. The van der Waals surface area contributed by atoms with E-state index in [1.165, 1.54) is 12.8 Å². The van der Waals surface area contributed by atoms with E-state index in [1.807, 2.05) is 24.3 Å². The molecular weight excluding hydrogens is 236 g/mol. The van der Waals surface area contributed by atoms with Crippen molar-refractivity contribution in [1.82, 2.24) is 0 Å². The van der Waals surface area contributed by atoms with Crippen LogP contribution in [-0.2, 0) is 11.2 Å². The molecule has 0 aliphatic heterocycles. The second kappa shape index (κ2) is 5.24. The lowest BCUT2D eigenvalue weighted by molar-refractivity contribution is -0.117. The van der Waals surface area contributed by atoms with E-state index < -0.39 is 0 Å². The van der Waals surface area contributed by atoms with E-state index in [0.29, 0.717) is 23.8 Å². The molecule has 0 spiro atoms. The zero-order valence-electron chi connectivity index (χ0n) is 12.1. The molecule has 104 valence electrons. The number of nitrogens with two attached hydrogens (primary N) is 1. The summed E-state index contributed by atoms with van der Waals surface area (Å²) in [5.74, 6) is 0.409. The summed E-state index contributed by atoms with van der Waals surface area (Å²) in [6, 6.07) is 8.56. The van der Waals surface area contributed by atoms with E-state index in [1.54, 1.807) is 0 Å². The molecule has 1 fully saturated rings. The van der Waals surface area contributed by atoms with E-state index in [2.05, 4.69) is 26.1 Å². The highest BCUT2D eigenvalue weighted by atomic mass is 16.1. The Morgan fingerprint density at radius 2 is 1.95 bits per heavy atom. The molecule has 0 radical (unpaired) electrons. The molecule has 0 bridgehead atoms. The van der Waals surface area contributed by atoms with Crippen LogP contribution in [0.4, 0.5) is 5.69 Å². The lowest BCUT2D eigenvalue weighted by atomic mass is 9.91. The molecule has 3 N–H and O–H groups in total. The molecule has 2 atom stereocenters. The van der Waals surface area contributed by atoms with Crippen LogP contribution >= 0.6 is 0 Å². The van der Waals surface area contributed by atoms with E-state index >= 15 is 0 Å². The first-order chi connectivity index (χ1) is 8.85. The number of hydrogen-bond donors (Lipinski definition) is 2. The van der Waals surface area contributed by atoms with Crippen molar-refractivity contribution in [2.45, 2.75) is 46.1 Å². The number of nitrogens with one attached hydrogen (secondary N) is 1. The van der Waals surface area contributed by atoms with Crippen molar-refractivity contribution >= 4 is 11.6 Å². The Labute approximate surface area is 115 Å². The minimum atomic E-state index is -0.285. The van der Waals surface area contributed by atoms with Gasteiger partial charge in [-0.05, 0) is 41.9 Å². The number of rotatable bonds is 4. The molecule has 0 saturated heterocycles. The van der Waals surface area contributed by atoms with Crippen LogP contribution in [0.1, 0.15) is 39.2 Å². The highest BCUT2D eigenvalue weighted by Gasteiger charge is 2.36. The van der Waals surface area contributed by atoms with Crippen LogP contribution in [0.15, 0.2) is 24.3 Å². The van der Waals surface area contributed by atoms with Gasteiger partial charge in [0, 0.05) is 11.7 Å². The van der Waals surface area contributed by atoms with Gasteiger partial charge in [-0.25, -0.2) is 0 Å². The van der Waals surface area contributed by atoms with Crippen LogP contribution in [0.2, 0.25) is 0 Å². The molecule has 3 nitrogen and oxygen atoms in total. The molecule has 1 amide bonds. The van der Waals surface area contributed by atoms with Crippen LogP contribution in [0.25, 0.3) is 0 Å². The van der Waals surface area contributed by atoms with Gasteiger partial charge in [-0.2, -0.15) is 0 Å². The molecule has 0 aromatic heterocycles. The molecule has 19 heavy (non-hydrogen) atoms. The lowest BCUT2D eigenvalue weighted by Crippen LogP contribution is -2.22. The second-order valence-electron chi connectivity index (χ2n) is 6.64. The average molecular weight is 260 g/mol. The Kier molecular flexibility index (Phi) is 3.83. The summed E-state index contributed by atoms with van der Waals surface area (Å²) in [6.45, 7) is 6.98. The highest BCUT2D eigenvalue weighted by molar-refractivity contribution is 5.76. The first-order valence-corrected chi connectivity index (χ1v) is 6.99. The van der Waals surface area contributed by atoms with Crippen molar-refractivity contribution in [3.05, 3.63) is 29.8 Å². The number of benzene rings is 1. The lowest BCUT2D eigenvalue weighted by Gasteiger charge is -2.20. The normalized spacial score (nSPS) is 25.2. The van der Waals surface area contributed by atoms with Crippen molar-refractivity contribution < 1.29 is 4.79 Å². The predicted octanol–water partition coefficient (Wildman–Crippen LogP) is 2.95. The van der Waals surface area contributed by atoms with Gasteiger partial charge in [0.2, 0.25) is 5.91 Å². The molecule has 1 aromatic rings. The standard InChI is InChI=1S/C16H24N2O/c1-11-9-16(2,3)10-14(11)18-13-6-4-12(5-7-13)8-15(17)19/h4-7,11,14,18H,8-10H2,1-3H3,(H2,17,19)/t11-,14-/m1/s1. The topological polar surface area (TPSA) is 55.1 Å². The quantitative estimate of drug-likeness (QED) is 0.874. The fraction of sp³-hybridized carbons (Fsp3) is 0.562. The van der Waals surface area contributed by atoms with E-state index in [9.17, 15) is 4.79 Å². The Hall–Kier alpha value is -1.51. The van der Waals surface area contributed by atoms with Crippen molar-refractivity contribution in [3.8, 4) is 0 Å². The largest absolute Gasteiger partial charge is 0.382 e. The third-order valence-electron chi connectivity index (χ3n) is 4.02. The summed E-state index contributed by atoms with van der Waals surface area (Å²) in [4.78, 5) is 10.9. The summed E-state index contributed by atoms with van der Waals surface area (Å²) in [5, 5.41) is 3.61. The first kappa shape index (κ1) is 13.9. The van der Waals surface area contributed by atoms with Crippen LogP contribution < -0.4 is 11.1 Å². The van der Waals surface area contributed by atoms with Gasteiger partial charge in [0.1, 0.15) is 0 Å². The van der Waals surface area contributed by atoms with Gasteiger partial charge in [0.05, 0.1) is 6.42 Å². The fourth-order valence-corrected chi connectivity index (χ4v) is 3.22. The van der Waals surface area contributed by atoms with Crippen LogP contribution in [-0.4, -0.2) is 11.9 Å². The monoisotopic (exact) mass is 260 g/mol. The number of carbonyl (C=O) groups is 1. The Morgan fingerprint density at radius 3 is 2.42 bits per heavy atom. The minimum absolute atomic E-state index is 0.285. The zero-order valence-corrected chi connectivity index (χ0v) is 12.1. The van der Waals surface area contributed by atoms with Gasteiger partial charge >= 0.3 is 0 Å².